The van der Waals surface area contributed by atoms with Crippen molar-refractivity contribution in [1.29, 1.82) is 0 Å². The monoisotopic (exact) mass is 274 g/mol. The van der Waals surface area contributed by atoms with Gasteiger partial charge in [-0.15, -0.1) is 0 Å². The molecule has 20 heavy (non-hydrogen) atoms. The Bertz CT molecular complexity index is 551. The van der Waals surface area contributed by atoms with Crippen molar-refractivity contribution in [2.75, 3.05) is 26.1 Å². The van der Waals surface area contributed by atoms with Crippen molar-refractivity contribution >= 4 is 5.82 Å². The molecule has 0 aliphatic heterocycles. The van der Waals surface area contributed by atoms with Crippen molar-refractivity contribution in [1.82, 2.24) is 4.98 Å². The maximum absolute atomic E-state index is 5.88. The highest BCUT2D eigenvalue weighted by molar-refractivity contribution is 5.53. The molecule has 0 atom stereocenters. The molecule has 0 saturated heterocycles. The lowest BCUT2D eigenvalue weighted by Gasteiger charge is -2.14. The van der Waals surface area contributed by atoms with Gasteiger partial charge in [-0.1, -0.05) is 6.07 Å². The van der Waals surface area contributed by atoms with Gasteiger partial charge < -0.3 is 19.5 Å². The van der Waals surface area contributed by atoms with Crippen LogP contribution in [-0.2, 0) is 0 Å². The Hall–Kier alpha value is -2.43. The Balaban J connectivity index is 2.31. The lowest BCUT2D eigenvalue weighted by molar-refractivity contribution is 0.346. The van der Waals surface area contributed by atoms with Crippen molar-refractivity contribution in [3.63, 3.8) is 0 Å². The van der Waals surface area contributed by atoms with E-state index in [0.29, 0.717) is 23.0 Å². The van der Waals surface area contributed by atoms with E-state index in [1.807, 2.05) is 31.2 Å². The molecule has 0 unspecified atom stereocenters. The van der Waals surface area contributed by atoms with Crippen LogP contribution in [0.1, 0.15) is 6.92 Å². The molecule has 2 rings (SSSR count). The molecule has 0 fully saturated rings. The molecular weight excluding hydrogens is 256 g/mol. The third kappa shape index (κ3) is 3.12. The zero-order chi connectivity index (χ0) is 14.4. The maximum atomic E-state index is 5.88. The van der Waals surface area contributed by atoms with Crippen molar-refractivity contribution in [3.8, 4) is 23.0 Å². The van der Waals surface area contributed by atoms with E-state index in [9.17, 15) is 0 Å². The van der Waals surface area contributed by atoms with Gasteiger partial charge in [0.1, 0.15) is 11.6 Å². The fourth-order valence-corrected chi connectivity index (χ4v) is 1.79. The lowest BCUT2D eigenvalue weighted by Crippen LogP contribution is -1.99. The average Bonchev–Trinajstić information content (AvgIpc) is 2.48. The fraction of sp³-hybridized carbons (Fsp3) is 0.267. The summed E-state index contributed by atoms with van der Waals surface area (Å²) < 4.78 is 16.5. The van der Waals surface area contributed by atoms with Crippen LogP contribution in [0.15, 0.2) is 36.5 Å². The third-order valence-corrected chi connectivity index (χ3v) is 2.69. The van der Waals surface area contributed by atoms with E-state index in [2.05, 4.69) is 10.3 Å². The molecule has 0 bridgehead atoms. The Morgan fingerprint density at radius 1 is 1.10 bits per heavy atom. The first kappa shape index (κ1) is 14.0. The van der Waals surface area contributed by atoms with Crippen LogP contribution in [0.2, 0.25) is 0 Å². The number of benzene rings is 1. The molecule has 0 radical (unpaired) electrons. The molecule has 0 saturated carbocycles. The number of aromatic nitrogens is 1. The first-order valence-corrected chi connectivity index (χ1v) is 6.37. The Morgan fingerprint density at radius 2 is 1.80 bits per heavy atom. The Morgan fingerprint density at radius 3 is 2.40 bits per heavy atom. The highest BCUT2D eigenvalue weighted by atomic mass is 16.5. The van der Waals surface area contributed by atoms with Gasteiger partial charge in [0.05, 0.1) is 14.2 Å². The Kier molecular flexibility index (Phi) is 4.65. The van der Waals surface area contributed by atoms with Crippen LogP contribution in [0.4, 0.5) is 5.82 Å². The van der Waals surface area contributed by atoms with E-state index < -0.39 is 0 Å². The molecule has 1 N–H and O–H groups in total. The van der Waals surface area contributed by atoms with Gasteiger partial charge in [0.25, 0.3) is 0 Å². The van der Waals surface area contributed by atoms with Crippen molar-refractivity contribution < 1.29 is 14.2 Å². The summed E-state index contributed by atoms with van der Waals surface area (Å²) in [7, 11) is 3.19. The number of pyridine rings is 1. The quantitative estimate of drug-likeness (QED) is 0.875. The summed E-state index contributed by atoms with van der Waals surface area (Å²) >= 11 is 0. The molecular formula is C15H18N2O3. The number of anilines is 1. The van der Waals surface area contributed by atoms with E-state index in [1.54, 1.807) is 26.5 Å². The van der Waals surface area contributed by atoms with Crippen molar-refractivity contribution in [2.45, 2.75) is 6.92 Å². The first-order chi connectivity index (χ1) is 9.78. The number of hydrogen-bond acceptors (Lipinski definition) is 5. The van der Waals surface area contributed by atoms with Crippen LogP contribution in [0.5, 0.6) is 23.0 Å². The standard InChI is InChI=1S/C15H18N2O3/c1-4-16-14-10-11(8-9-17-14)20-15-12(18-2)6-5-7-13(15)19-3/h5-10H,4H2,1-3H3,(H,16,17). The van der Waals surface area contributed by atoms with Crippen LogP contribution < -0.4 is 19.5 Å². The van der Waals surface area contributed by atoms with Gasteiger partial charge in [0.15, 0.2) is 11.5 Å². The van der Waals surface area contributed by atoms with Gasteiger partial charge in [0.2, 0.25) is 5.75 Å². The topological polar surface area (TPSA) is 52.6 Å². The summed E-state index contributed by atoms with van der Waals surface area (Å²) in [6.07, 6.45) is 1.69. The number of hydrogen-bond donors (Lipinski definition) is 1. The first-order valence-electron chi connectivity index (χ1n) is 6.37. The minimum atomic E-state index is 0.547. The number of methoxy groups -OCH3 is 2. The van der Waals surface area contributed by atoms with E-state index in [1.165, 1.54) is 0 Å². The van der Waals surface area contributed by atoms with Gasteiger partial charge in [-0.2, -0.15) is 0 Å². The molecule has 1 heterocycles. The van der Waals surface area contributed by atoms with Crippen LogP contribution >= 0.6 is 0 Å². The predicted octanol–water partition coefficient (Wildman–Crippen LogP) is 3.32. The van der Waals surface area contributed by atoms with Crippen LogP contribution in [-0.4, -0.2) is 25.7 Å². The zero-order valence-corrected chi connectivity index (χ0v) is 11.8. The maximum Gasteiger partial charge on any atom is 0.210 e. The zero-order valence-electron chi connectivity index (χ0n) is 11.8. The SMILES string of the molecule is CCNc1cc(Oc2c(OC)cccc2OC)ccn1. The second-order valence-corrected chi connectivity index (χ2v) is 4.00. The Labute approximate surface area is 118 Å². The minimum Gasteiger partial charge on any atom is -0.493 e. The molecule has 1 aromatic heterocycles. The molecule has 2 aromatic rings. The number of nitrogens with one attached hydrogen (secondary N) is 1. The summed E-state index contributed by atoms with van der Waals surface area (Å²) in [5.41, 5.74) is 0. The summed E-state index contributed by atoms with van der Waals surface area (Å²) in [5.74, 6) is 3.21. The summed E-state index contributed by atoms with van der Waals surface area (Å²) in [5, 5.41) is 3.14. The minimum absolute atomic E-state index is 0.547. The van der Waals surface area contributed by atoms with E-state index in [-0.39, 0.29) is 0 Å². The van der Waals surface area contributed by atoms with Crippen LogP contribution in [0.25, 0.3) is 0 Å². The number of ether oxygens (including phenoxy) is 3. The summed E-state index contributed by atoms with van der Waals surface area (Å²) in [4.78, 5) is 4.20. The fourth-order valence-electron chi connectivity index (χ4n) is 1.79. The van der Waals surface area contributed by atoms with E-state index in [0.717, 1.165) is 12.4 Å². The molecule has 0 aliphatic carbocycles. The van der Waals surface area contributed by atoms with Crippen LogP contribution in [0.3, 0.4) is 0 Å². The van der Waals surface area contributed by atoms with E-state index in [4.69, 9.17) is 14.2 Å². The largest absolute Gasteiger partial charge is 0.493 e. The van der Waals surface area contributed by atoms with Gasteiger partial charge in [0, 0.05) is 18.8 Å². The molecule has 5 nitrogen and oxygen atoms in total. The van der Waals surface area contributed by atoms with Crippen LogP contribution in [0, 0.1) is 0 Å². The number of para-hydroxylation sites is 1. The van der Waals surface area contributed by atoms with Gasteiger partial charge in [-0.05, 0) is 25.1 Å². The summed E-state index contributed by atoms with van der Waals surface area (Å²) in [6.45, 7) is 2.81. The smallest absolute Gasteiger partial charge is 0.210 e. The highest BCUT2D eigenvalue weighted by Gasteiger charge is 2.12. The molecule has 0 amide bonds. The molecule has 5 heteroatoms. The van der Waals surface area contributed by atoms with Gasteiger partial charge in [-0.3, -0.25) is 0 Å². The molecule has 106 valence electrons. The molecule has 1 aromatic carbocycles. The van der Waals surface area contributed by atoms with Gasteiger partial charge >= 0.3 is 0 Å². The normalized spacial score (nSPS) is 9.95. The van der Waals surface area contributed by atoms with Crippen molar-refractivity contribution in [3.05, 3.63) is 36.5 Å². The van der Waals surface area contributed by atoms with E-state index >= 15 is 0 Å². The second kappa shape index (κ2) is 6.65. The molecule has 0 aliphatic rings. The third-order valence-electron chi connectivity index (χ3n) is 2.69. The predicted molar refractivity (Wildman–Crippen MR) is 78.0 cm³/mol. The van der Waals surface area contributed by atoms with Gasteiger partial charge in [-0.25, -0.2) is 4.98 Å². The average molecular weight is 274 g/mol. The highest BCUT2D eigenvalue weighted by Crippen LogP contribution is 2.40. The lowest BCUT2D eigenvalue weighted by atomic mass is 10.3. The number of rotatable bonds is 6. The van der Waals surface area contributed by atoms with Crippen molar-refractivity contribution in [2.24, 2.45) is 0 Å². The number of nitrogens with zero attached hydrogens (tertiary/aromatic N) is 1. The second-order valence-electron chi connectivity index (χ2n) is 4.00. The summed E-state index contributed by atoms with van der Waals surface area (Å²) in [6, 6.07) is 9.11. The molecule has 0 spiro atoms.